The van der Waals surface area contributed by atoms with E-state index in [2.05, 4.69) is 10.2 Å². The SMILES string of the molecule is Oc1ccc(Cl)cc1CNCCCN1CCOCC1. The van der Waals surface area contributed by atoms with Gasteiger partial charge in [-0.15, -0.1) is 0 Å². The zero-order chi connectivity index (χ0) is 13.5. The van der Waals surface area contributed by atoms with Crippen LogP contribution in [0, 0.1) is 0 Å². The maximum absolute atomic E-state index is 9.67. The van der Waals surface area contributed by atoms with Crippen LogP contribution in [-0.4, -0.2) is 49.4 Å². The first-order valence-electron chi connectivity index (χ1n) is 6.74. The Morgan fingerprint density at radius 2 is 2.11 bits per heavy atom. The lowest BCUT2D eigenvalue weighted by Gasteiger charge is -2.26. The molecular weight excluding hydrogens is 264 g/mol. The van der Waals surface area contributed by atoms with E-state index >= 15 is 0 Å². The van der Waals surface area contributed by atoms with Crippen molar-refractivity contribution < 1.29 is 9.84 Å². The lowest BCUT2D eigenvalue weighted by molar-refractivity contribution is 0.0374. The van der Waals surface area contributed by atoms with Crippen LogP contribution < -0.4 is 5.32 Å². The molecule has 1 fully saturated rings. The van der Waals surface area contributed by atoms with Crippen LogP contribution in [0.25, 0.3) is 0 Å². The maximum atomic E-state index is 9.67. The highest BCUT2D eigenvalue weighted by Gasteiger charge is 2.09. The molecule has 1 aromatic rings. The average molecular weight is 285 g/mol. The van der Waals surface area contributed by atoms with Gasteiger partial charge < -0.3 is 15.2 Å². The predicted octanol–water partition coefficient (Wildman–Crippen LogP) is 1.86. The molecule has 1 saturated heterocycles. The minimum absolute atomic E-state index is 0.296. The minimum Gasteiger partial charge on any atom is -0.508 e. The van der Waals surface area contributed by atoms with Crippen molar-refractivity contribution in [1.82, 2.24) is 10.2 Å². The van der Waals surface area contributed by atoms with Gasteiger partial charge >= 0.3 is 0 Å². The Balaban J connectivity index is 1.62. The van der Waals surface area contributed by atoms with E-state index in [0.717, 1.165) is 51.4 Å². The van der Waals surface area contributed by atoms with Crippen LogP contribution >= 0.6 is 11.6 Å². The van der Waals surface area contributed by atoms with Crippen LogP contribution in [0.1, 0.15) is 12.0 Å². The molecule has 106 valence electrons. The van der Waals surface area contributed by atoms with Crippen LogP contribution in [0.4, 0.5) is 0 Å². The monoisotopic (exact) mass is 284 g/mol. The molecule has 5 heteroatoms. The number of hydrogen-bond donors (Lipinski definition) is 2. The summed E-state index contributed by atoms with van der Waals surface area (Å²) < 4.78 is 5.31. The fourth-order valence-electron chi connectivity index (χ4n) is 2.17. The van der Waals surface area contributed by atoms with Crippen molar-refractivity contribution in [2.45, 2.75) is 13.0 Å². The highest BCUT2D eigenvalue weighted by molar-refractivity contribution is 6.30. The Labute approximate surface area is 119 Å². The van der Waals surface area contributed by atoms with Gasteiger partial charge in [-0.25, -0.2) is 0 Å². The fourth-order valence-corrected chi connectivity index (χ4v) is 2.37. The van der Waals surface area contributed by atoms with Crippen molar-refractivity contribution in [2.24, 2.45) is 0 Å². The van der Waals surface area contributed by atoms with Gasteiger partial charge in [-0.05, 0) is 37.7 Å². The van der Waals surface area contributed by atoms with E-state index < -0.39 is 0 Å². The number of hydrogen-bond acceptors (Lipinski definition) is 4. The van der Waals surface area contributed by atoms with E-state index in [4.69, 9.17) is 16.3 Å². The molecule has 0 radical (unpaired) electrons. The van der Waals surface area contributed by atoms with E-state index in [9.17, 15) is 5.11 Å². The summed E-state index contributed by atoms with van der Waals surface area (Å²) in [6.07, 6.45) is 1.10. The number of aromatic hydroxyl groups is 1. The second kappa shape index (κ2) is 7.70. The molecule has 0 amide bonds. The summed E-state index contributed by atoms with van der Waals surface area (Å²) >= 11 is 5.90. The molecule has 0 aromatic heterocycles. The fraction of sp³-hybridized carbons (Fsp3) is 0.571. The van der Waals surface area contributed by atoms with Gasteiger partial charge in [-0.1, -0.05) is 11.6 Å². The van der Waals surface area contributed by atoms with Crippen LogP contribution in [-0.2, 0) is 11.3 Å². The molecule has 0 saturated carbocycles. The lowest BCUT2D eigenvalue weighted by Crippen LogP contribution is -2.37. The first-order valence-corrected chi connectivity index (χ1v) is 7.12. The van der Waals surface area contributed by atoms with Gasteiger partial charge in [0.1, 0.15) is 5.75 Å². The number of halogens is 1. The normalized spacial score (nSPS) is 16.7. The number of benzene rings is 1. The van der Waals surface area contributed by atoms with E-state index in [0.29, 0.717) is 17.3 Å². The Kier molecular flexibility index (Phi) is 5.92. The Morgan fingerprint density at radius 1 is 1.32 bits per heavy atom. The van der Waals surface area contributed by atoms with Crippen LogP contribution in [0.5, 0.6) is 5.75 Å². The molecule has 4 nitrogen and oxygen atoms in total. The second-order valence-corrected chi connectivity index (χ2v) is 5.19. The summed E-state index contributed by atoms with van der Waals surface area (Å²) in [7, 11) is 0. The first kappa shape index (κ1) is 14.6. The third kappa shape index (κ3) is 4.99. The summed E-state index contributed by atoms with van der Waals surface area (Å²) in [5.74, 6) is 0.296. The molecule has 0 spiro atoms. The number of nitrogens with one attached hydrogen (secondary N) is 1. The molecule has 0 aliphatic carbocycles. The average Bonchev–Trinajstić information content (AvgIpc) is 2.43. The van der Waals surface area contributed by atoms with E-state index in [1.807, 2.05) is 0 Å². The molecule has 0 bridgehead atoms. The molecule has 1 aliphatic rings. The Morgan fingerprint density at radius 3 is 2.89 bits per heavy atom. The third-order valence-corrected chi connectivity index (χ3v) is 3.52. The molecule has 0 atom stereocenters. The van der Waals surface area contributed by atoms with Crippen molar-refractivity contribution in [3.8, 4) is 5.75 Å². The van der Waals surface area contributed by atoms with Crippen molar-refractivity contribution in [2.75, 3.05) is 39.4 Å². The van der Waals surface area contributed by atoms with Crippen LogP contribution in [0.3, 0.4) is 0 Å². The number of nitrogens with zero attached hydrogens (tertiary/aromatic N) is 1. The topological polar surface area (TPSA) is 44.7 Å². The highest BCUT2D eigenvalue weighted by atomic mass is 35.5. The van der Waals surface area contributed by atoms with Gasteiger partial charge in [0.05, 0.1) is 13.2 Å². The van der Waals surface area contributed by atoms with Crippen molar-refractivity contribution >= 4 is 11.6 Å². The second-order valence-electron chi connectivity index (χ2n) is 4.76. The first-order chi connectivity index (χ1) is 9.25. The smallest absolute Gasteiger partial charge is 0.120 e. The Hall–Kier alpha value is -0.810. The van der Waals surface area contributed by atoms with E-state index in [1.54, 1.807) is 18.2 Å². The molecule has 1 aliphatic heterocycles. The van der Waals surface area contributed by atoms with Crippen LogP contribution in [0.2, 0.25) is 5.02 Å². The van der Waals surface area contributed by atoms with E-state index in [-0.39, 0.29) is 0 Å². The summed E-state index contributed by atoms with van der Waals surface area (Å²) in [5, 5.41) is 13.7. The molecule has 2 rings (SSSR count). The number of phenolic OH excluding ortho intramolecular Hbond substituents is 1. The summed E-state index contributed by atoms with van der Waals surface area (Å²) in [6, 6.07) is 5.12. The predicted molar refractivity (Wildman–Crippen MR) is 76.7 cm³/mol. The number of rotatable bonds is 6. The summed E-state index contributed by atoms with van der Waals surface area (Å²) in [6.45, 7) is 6.45. The van der Waals surface area contributed by atoms with Gasteiger partial charge in [0, 0.05) is 30.2 Å². The van der Waals surface area contributed by atoms with Crippen molar-refractivity contribution in [3.05, 3.63) is 28.8 Å². The van der Waals surface area contributed by atoms with Gasteiger partial charge in [-0.2, -0.15) is 0 Å². The quantitative estimate of drug-likeness (QED) is 0.783. The van der Waals surface area contributed by atoms with Gasteiger partial charge in [0.25, 0.3) is 0 Å². The van der Waals surface area contributed by atoms with E-state index in [1.165, 1.54) is 0 Å². The molecule has 2 N–H and O–H groups in total. The number of phenols is 1. The summed E-state index contributed by atoms with van der Waals surface area (Å²) in [5.41, 5.74) is 0.846. The highest BCUT2D eigenvalue weighted by Crippen LogP contribution is 2.20. The number of morpholine rings is 1. The molecule has 0 unspecified atom stereocenters. The minimum atomic E-state index is 0.296. The molecule has 19 heavy (non-hydrogen) atoms. The molecule has 1 heterocycles. The maximum Gasteiger partial charge on any atom is 0.120 e. The zero-order valence-electron chi connectivity index (χ0n) is 11.1. The summed E-state index contributed by atoms with van der Waals surface area (Å²) in [4.78, 5) is 2.42. The van der Waals surface area contributed by atoms with Gasteiger partial charge in [0.2, 0.25) is 0 Å². The largest absolute Gasteiger partial charge is 0.508 e. The van der Waals surface area contributed by atoms with Crippen LogP contribution in [0.15, 0.2) is 18.2 Å². The number of ether oxygens (including phenoxy) is 1. The molecule has 1 aromatic carbocycles. The van der Waals surface area contributed by atoms with Gasteiger partial charge in [0.15, 0.2) is 0 Å². The standard InChI is InChI=1S/C14H21ClN2O2/c15-13-2-3-14(18)12(10-13)11-16-4-1-5-17-6-8-19-9-7-17/h2-3,10,16,18H,1,4-9,11H2. The zero-order valence-corrected chi connectivity index (χ0v) is 11.8. The lowest BCUT2D eigenvalue weighted by atomic mass is 10.2. The van der Waals surface area contributed by atoms with Gasteiger partial charge in [-0.3, -0.25) is 4.90 Å². The van der Waals surface area contributed by atoms with Crippen molar-refractivity contribution in [3.63, 3.8) is 0 Å². The van der Waals surface area contributed by atoms with Crippen molar-refractivity contribution in [1.29, 1.82) is 0 Å². The third-order valence-electron chi connectivity index (χ3n) is 3.29. The Bertz CT molecular complexity index is 395. The molecular formula is C14H21ClN2O2.